The number of nitrogens with zero attached hydrogens (tertiary/aromatic N) is 1. The minimum Gasteiger partial charge on any atom is -0.480 e. The van der Waals surface area contributed by atoms with Crippen LogP contribution in [0.1, 0.15) is 12.8 Å². The topological polar surface area (TPSA) is 52.6 Å². The van der Waals surface area contributed by atoms with Crippen molar-refractivity contribution in [2.45, 2.75) is 18.4 Å². The smallest absolute Gasteiger partial charge is 0.317 e. The number of rotatable bonds is 2. The largest absolute Gasteiger partial charge is 0.480 e. The second-order valence-corrected chi connectivity index (χ2v) is 3.81. The third-order valence-electron chi connectivity index (χ3n) is 2.90. The lowest BCUT2D eigenvalue weighted by Crippen LogP contribution is -2.58. The first-order valence-electron chi connectivity index (χ1n) is 4.39. The Morgan fingerprint density at radius 3 is 2.75 bits per heavy atom. The van der Waals surface area contributed by atoms with E-state index in [9.17, 15) is 4.79 Å². The van der Waals surface area contributed by atoms with Crippen LogP contribution in [0.25, 0.3) is 0 Å². The SMILES string of the molecule is O=C(O)CN1CC[C@@]2(CCN2)C1. The van der Waals surface area contributed by atoms with E-state index in [1.54, 1.807) is 0 Å². The summed E-state index contributed by atoms with van der Waals surface area (Å²) in [5.41, 5.74) is 0.287. The molecule has 0 aromatic carbocycles. The van der Waals surface area contributed by atoms with Crippen LogP contribution in [0.15, 0.2) is 0 Å². The van der Waals surface area contributed by atoms with Crippen LogP contribution in [0, 0.1) is 0 Å². The maximum atomic E-state index is 10.4. The van der Waals surface area contributed by atoms with Gasteiger partial charge in [-0.3, -0.25) is 9.69 Å². The standard InChI is InChI=1S/C8H14N2O2/c11-7(12)5-10-4-2-8(6-10)1-3-9-8/h9H,1-6H2,(H,11,12)/t8-/m0/s1. The fourth-order valence-corrected chi connectivity index (χ4v) is 2.11. The van der Waals surface area contributed by atoms with Gasteiger partial charge in [-0.25, -0.2) is 0 Å². The van der Waals surface area contributed by atoms with Gasteiger partial charge >= 0.3 is 5.97 Å². The van der Waals surface area contributed by atoms with Gasteiger partial charge in [0.2, 0.25) is 0 Å². The zero-order chi connectivity index (χ0) is 8.60. The number of hydrogen-bond donors (Lipinski definition) is 2. The highest BCUT2D eigenvalue weighted by molar-refractivity contribution is 5.69. The summed E-state index contributed by atoms with van der Waals surface area (Å²) in [6.07, 6.45) is 2.32. The van der Waals surface area contributed by atoms with Crippen molar-refractivity contribution in [3.63, 3.8) is 0 Å². The zero-order valence-electron chi connectivity index (χ0n) is 7.05. The maximum Gasteiger partial charge on any atom is 0.317 e. The van der Waals surface area contributed by atoms with E-state index in [-0.39, 0.29) is 12.1 Å². The highest BCUT2D eigenvalue weighted by Crippen LogP contribution is 2.29. The quantitative estimate of drug-likeness (QED) is 0.587. The van der Waals surface area contributed by atoms with Gasteiger partial charge in [-0.2, -0.15) is 0 Å². The fourth-order valence-electron chi connectivity index (χ4n) is 2.11. The number of nitrogens with one attached hydrogen (secondary N) is 1. The van der Waals surface area contributed by atoms with Gasteiger partial charge in [-0.1, -0.05) is 0 Å². The Labute approximate surface area is 71.5 Å². The molecule has 0 aromatic rings. The second kappa shape index (κ2) is 2.71. The first-order chi connectivity index (χ1) is 5.70. The van der Waals surface area contributed by atoms with E-state index in [1.807, 2.05) is 4.90 Å². The van der Waals surface area contributed by atoms with Crippen molar-refractivity contribution in [3.05, 3.63) is 0 Å². The van der Waals surface area contributed by atoms with E-state index >= 15 is 0 Å². The van der Waals surface area contributed by atoms with Gasteiger partial charge in [0.1, 0.15) is 0 Å². The van der Waals surface area contributed by atoms with Crippen LogP contribution in [0.2, 0.25) is 0 Å². The molecule has 0 saturated carbocycles. The van der Waals surface area contributed by atoms with Crippen molar-refractivity contribution in [1.29, 1.82) is 0 Å². The molecule has 2 aliphatic heterocycles. The van der Waals surface area contributed by atoms with Crippen LogP contribution >= 0.6 is 0 Å². The average molecular weight is 170 g/mol. The molecule has 1 atom stereocenters. The van der Waals surface area contributed by atoms with Crippen molar-refractivity contribution in [2.75, 3.05) is 26.2 Å². The normalized spacial score (nSPS) is 35.3. The predicted octanol–water partition coefficient (Wildman–Crippen LogP) is -0.491. The molecule has 2 fully saturated rings. The molecule has 1 spiro atoms. The van der Waals surface area contributed by atoms with E-state index in [1.165, 1.54) is 6.42 Å². The molecule has 0 amide bonds. The van der Waals surface area contributed by atoms with E-state index in [0.717, 1.165) is 26.1 Å². The van der Waals surface area contributed by atoms with Gasteiger partial charge in [-0.05, 0) is 19.4 Å². The van der Waals surface area contributed by atoms with Crippen molar-refractivity contribution in [3.8, 4) is 0 Å². The van der Waals surface area contributed by atoms with Gasteiger partial charge in [0.05, 0.1) is 6.54 Å². The highest BCUT2D eigenvalue weighted by atomic mass is 16.4. The lowest BCUT2D eigenvalue weighted by atomic mass is 9.87. The maximum absolute atomic E-state index is 10.4. The first-order valence-corrected chi connectivity index (χ1v) is 4.39. The Hall–Kier alpha value is -0.610. The molecule has 0 radical (unpaired) electrons. The van der Waals surface area contributed by atoms with Gasteiger partial charge in [-0.15, -0.1) is 0 Å². The third kappa shape index (κ3) is 1.32. The molecule has 0 aromatic heterocycles. The van der Waals surface area contributed by atoms with Gasteiger partial charge in [0.15, 0.2) is 0 Å². The average Bonchev–Trinajstić information content (AvgIpc) is 2.29. The van der Waals surface area contributed by atoms with Crippen LogP contribution in [-0.2, 0) is 4.79 Å². The molecule has 2 rings (SSSR count). The van der Waals surface area contributed by atoms with Gasteiger partial charge in [0.25, 0.3) is 0 Å². The summed E-state index contributed by atoms with van der Waals surface area (Å²) in [6.45, 7) is 3.14. The summed E-state index contributed by atoms with van der Waals surface area (Å²) in [7, 11) is 0. The molecule has 2 aliphatic rings. The number of aliphatic carboxylic acids is 1. The van der Waals surface area contributed by atoms with Gasteiger partial charge in [0, 0.05) is 18.6 Å². The highest BCUT2D eigenvalue weighted by Gasteiger charge is 2.42. The third-order valence-corrected chi connectivity index (χ3v) is 2.90. The van der Waals surface area contributed by atoms with Crippen molar-refractivity contribution >= 4 is 5.97 Å². The Kier molecular flexibility index (Phi) is 1.81. The molecule has 2 N–H and O–H groups in total. The molecule has 0 aliphatic carbocycles. The molecule has 2 heterocycles. The summed E-state index contributed by atoms with van der Waals surface area (Å²) in [5, 5.41) is 12.0. The molecule has 12 heavy (non-hydrogen) atoms. The second-order valence-electron chi connectivity index (χ2n) is 3.81. The Morgan fingerprint density at radius 1 is 1.58 bits per heavy atom. The number of carbonyl (C=O) groups is 1. The Morgan fingerprint density at radius 2 is 2.33 bits per heavy atom. The number of carboxylic acid groups (broad SMARTS) is 1. The lowest BCUT2D eigenvalue weighted by Gasteiger charge is -2.39. The number of likely N-dealkylation sites (tertiary alicyclic amines) is 1. The van der Waals surface area contributed by atoms with Crippen LogP contribution < -0.4 is 5.32 Å². The fraction of sp³-hybridized carbons (Fsp3) is 0.875. The number of carboxylic acids is 1. The lowest BCUT2D eigenvalue weighted by molar-refractivity contribution is -0.138. The van der Waals surface area contributed by atoms with Crippen LogP contribution in [0.5, 0.6) is 0 Å². The van der Waals surface area contributed by atoms with E-state index in [4.69, 9.17) is 5.11 Å². The number of hydrogen-bond acceptors (Lipinski definition) is 3. The van der Waals surface area contributed by atoms with Crippen molar-refractivity contribution in [1.82, 2.24) is 10.2 Å². The molecule has 68 valence electrons. The molecule has 4 nitrogen and oxygen atoms in total. The molecule has 0 unspecified atom stereocenters. The summed E-state index contributed by atoms with van der Waals surface area (Å²) in [6, 6.07) is 0. The van der Waals surface area contributed by atoms with Gasteiger partial charge < -0.3 is 10.4 Å². The monoisotopic (exact) mass is 170 g/mol. The summed E-state index contributed by atoms with van der Waals surface area (Å²) >= 11 is 0. The van der Waals surface area contributed by atoms with Crippen LogP contribution in [-0.4, -0.2) is 47.7 Å². The first kappa shape index (κ1) is 8.01. The minimum atomic E-state index is -0.716. The summed E-state index contributed by atoms with van der Waals surface area (Å²) in [4.78, 5) is 12.4. The molecular formula is C8H14N2O2. The summed E-state index contributed by atoms with van der Waals surface area (Å²) < 4.78 is 0. The minimum absolute atomic E-state index is 0.198. The predicted molar refractivity (Wildman–Crippen MR) is 44.0 cm³/mol. The van der Waals surface area contributed by atoms with Crippen molar-refractivity contribution in [2.24, 2.45) is 0 Å². The van der Waals surface area contributed by atoms with E-state index in [2.05, 4.69) is 5.32 Å². The Balaban J connectivity index is 1.85. The van der Waals surface area contributed by atoms with Crippen LogP contribution in [0.3, 0.4) is 0 Å². The molecule has 0 bridgehead atoms. The van der Waals surface area contributed by atoms with E-state index < -0.39 is 5.97 Å². The van der Waals surface area contributed by atoms with Crippen molar-refractivity contribution < 1.29 is 9.90 Å². The molecule has 4 heteroatoms. The van der Waals surface area contributed by atoms with Crippen LogP contribution in [0.4, 0.5) is 0 Å². The summed E-state index contributed by atoms with van der Waals surface area (Å²) in [5.74, 6) is -0.716. The molecular weight excluding hydrogens is 156 g/mol. The zero-order valence-corrected chi connectivity index (χ0v) is 7.05. The molecule has 2 saturated heterocycles. The van der Waals surface area contributed by atoms with E-state index in [0.29, 0.717) is 0 Å². The Bertz CT molecular complexity index is 201.